The predicted octanol–water partition coefficient (Wildman–Crippen LogP) is 3.83. The summed E-state index contributed by atoms with van der Waals surface area (Å²) in [7, 11) is 2.16. The van der Waals surface area contributed by atoms with Gasteiger partial charge in [-0.2, -0.15) is 0 Å². The number of benzene rings is 1. The van der Waals surface area contributed by atoms with Gasteiger partial charge in [0.15, 0.2) is 0 Å². The topological polar surface area (TPSA) is 60.5 Å². The Labute approximate surface area is 173 Å². The van der Waals surface area contributed by atoms with E-state index in [0.29, 0.717) is 11.7 Å². The first-order chi connectivity index (χ1) is 14.2. The number of aromatic nitrogens is 1. The number of anilines is 3. The van der Waals surface area contributed by atoms with Crippen LogP contribution in [-0.2, 0) is 0 Å². The van der Waals surface area contributed by atoms with Crippen molar-refractivity contribution < 1.29 is 4.79 Å². The third-order valence-corrected chi connectivity index (χ3v) is 5.96. The van der Waals surface area contributed by atoms with Crippen LogP contribution in [0, 0.1) is 0 Å². The number of carbonyl (C=O) groups is 1. The molecule has 0 spiro atoms. The second-order valence-electron chi connectivity index (χ2n) is 8.20. The molecule has 2 heterocycles. The third kappa shape index (κ3) is 5.26. The monoisotopic (exact) mass is 393 g/mol. The molecule has 2 N–H and O–H groups in total. The smallest absolute Gasteiger partial charge is 0.274 e. The van der Waals surface area contributed by atoms with Crippen LogP contribution in [-0.4, -0.2) is 55.1 Å². The highest BCUT2D eigenvalue weighted by molar-refractivity contribution is 6.03. The lowest BCUT2D eigenvalue weighted by Crippen LogP contribution is -2.44. The van der Waals surface area contributed by atoms with Gasteiger partial charge in [-0.25, -0.2) is 0 Å². The van der Waals surface area contributed by atoms with Crippen molar-refractivity contribution in [1.29, 1.82) is 0 Å². The first-order valence-electron chi connectivity index (χ1n) is 10.7. The van der Waals surface area contributed by atoms with Crippen LogP contribution in [0.5, 0.6) is 0 Å². The average molecular weight is 394 g/mol. The second-order valence-corrected chi connectivity index (χ2v) is 8.20. The first-order valence-corrected chi connectivity index (χ1v) is 10.7. The minimum Gasteiger partial charge on any atom is -0.382 e. The summed E-state index contributed by atoms with van der Waals surface area (Å²) in [6.07, 6.45) is 7.99. The maximum Gasteiger partial charge on any atom is 0.274 e. The molecule has 0 bridgehead atoms. The van der Waals surface area contributed by atoms with Crippen LogP contribution >= 0.6 is 0 Å². The van der Waals surface area contributed by atoms with E-state index in [1.54, 1.807) is 6.20 Å². The summed E-state index contributed by atoms with van der Waals surface area (Å²) >= 11 is 0. The van der Waals surface area contributed by atoms with Gasteiger partial charge in [-0.3, -0.25) is 9.78 Å². The Morgan fingerprint density at radius 1 is 0.966 bits per heavy atom. The summed E-state index contributed by atoms with van der Waals surface area (Å²) in [5, 5.41) is 6.53. The standard InChI is InChI=1S/C23H31N5O/c1-27-13-15-28(16-14-27)21-9-7-19(8-10-21)26-23(29)22-17-20(11-12-24-22)25-18-5-3-2-4-6-18/h7-12,17-18H,2-6,13-16H2,1H3,(H,24,25)(H,26,29). The molecule has 29 heavy (non-hydrogen) atoms. The molecule has 1 aliphatic heterocycles. The van der Waals surface area contributed by atoms with Crippen molar-refractivity contribution in [1.82, 2.24) is 9.88 Å². The van der Waals surface area contributed by atoms with Gasteiger partial charge in [-0.15, -0.1) is 0 Å². The Kier molecular flexibility index (Phi) is 6.30. The number of rotatable bonds is 5. The van der Waals surface area contributed by atoms with Crippen molar-refractivity contribution in [2.45, 2.75) is 38.1 Å². The fraction of sp³-hybridized carbons (Fsp3) is 0.478. The molecule has 0 unspecified atom stereocenters. The van der Waals surface area contributed by atoms with Crippen molar-refractivity contribution in [3.8, 4) is 0 Å². The summed E-state index contributed by atoms with van der Waals surface area (Å²) in [6, 6.07) is 12.4. The van der Waals surface area contributed by atoms with Gasteiger partial charge in [-0.05, 0) is 56.3 Å². The molecule has 6 heteroatoms. The highest BCUT2D eigenvalue weighted by Gasteiger charge is 2.16. The average Bonchev–Trinajstić information content (AvgIpc) is 2.76. The number of amides is 1. The summed E-state index contributed by atoms with van der Waals surface area (Å²) in [5.41, 5.74) is 3.41. The maximum absolute atomic E-state index is 12.7. The van der Waals surface area contributed by atoms with Crippen LogP contribution in [0.3, 0.4) is 0 Å². The molecule has 1 aliphatic carbocycles. The second kappa shape index (κ2) is 9.27. The van der Waals surface area contributed by atoms with Crippen molar-refractivity contribution in [3.63, 3.8) is 0 Å². The summed E-state index contributed by atoms with van der Waals surface area (Å²) in [6.45, 7) is 4.23. The lowest BCUT2D eigenvalue weighted by Gasteiger charge is -2.34. The number of hydrogen-bond acceptors (Lipinski definition) is 5. The molecule has 1 aromatic heterocycles. The summed E-state index contributed by atoms with van der Waals surface area (Å²) in [4.78, 5) is 21.7. The summed E-state index contributed by atoms with van der Waals surface area (Å²) < 4.78 is 0. The fourth-order valence-electron chi connectivity index (χ4n) is 4.14. The zero-order valence-corrected chi connectivity index (χ0v) is 17.2. The van der Waals surface area contributed by atoms with Gasteiger partial charge in [0.05, 0.1) is 0 Å². The van der Waals surface area contributed by atoms with E-state index in [4.69, 9.17) is 0 Å². The van der Waals surface area contributed by atoms with E-state index in [0.717, 1.165) is 37.6 Å². The van der Waals surface area contributed by atoms with E-state index in [1.807, 2.05) is 24.3 Å². The molecule has 4 rings (SSSR count). The third-order valence-electron chi connectivity index (χ3n) is 5.96. The fourth-order valence-corrected chi connectivity index (χ4v) is 4.14. The van der Waals surface area contributed by atoms with E-state index in [1.165, 1.54) is 37.8 Å². The SMILES string of the molecule is CN1CCN(c2ccc(NC(=O)c3cc(NC4CCCCC4)ccn3)cc2)CC1. The number of piperazine rings is 1. The maximum atomic E-state index is 12.7. The quantitative estimate of drug-likeness (QED) is 0.808. The number of pyridine rings is 1. The Bertz CT molecular complexity index is 808. The minimum absolute atomic E-state index is 0.176. The number of likely N-dealkylation sites (N-methyl/N-ethyl adjacent to an activating group) is 1. The van der Waals surface area contributed by atoms with Crippen LogP contribution in [0.1, 0.15) is 42.6 Å². The molecule has 1 amide bonds. The Balaban J connectivity index is 1.35. The molecule has 2 aromatic rings. The van der Waals surface area contributed by atoms with Crippen molar-refractivity contribution in [2.24, 2.45) is 0 Å². The largest absolute Gasteiger partial charge is 0.382 e. The molecule has 6 nitrogen and oxygen atoms in total. The van der Waals surface area contributed by atoms with E-state index >= 15 is 0 Å². The number of hydrogen-bond donors (Lipinski definition) is 2. The number of nitrogens with one attached hydrogen (secondary N) is 2. The van der Waals surface area contributed by atoms with Gasteiger partial charge in [0.25, 0.3) is 5.91 Å². The molecule has 1 aromatic carbocycles. The lowest BCUT2D eigenvalue weighted by molar-refractivity contribution is 0.102. The number of nitrogens with zero attached hydrogens (tertiary/aromatic N) is 3. The van der Waals surface area contributed by atoms with E-state index in [-0.39, 0.29) is 5.91 Å². The molecular weight excluding hydrogens is 362 g/mol. The van der Waals surface area contributed by atoms with Gasteiger partial charge < -0.3 is 20.4 Å². The van der Waals surface area contributed by atoms with E-state index in [9.17, 15) is 4.79 Å². The molecule has 1 saturated heterocycles. The van der Waals surface area contributed by atoms with Gasteiger partial charge in [0, 0.05) is 55.5 Å². The van der Waals surface area contributed by atoms with Crippen LogP contribution in [0.25, 0.3) is 0 Å². The Morgan fingerprint density at radius 3 is 2.41 bits per heavy atom. The normalized spacial score (nSPS) is 18.4. The van der Waals surface area contributed by atoms with E-state index < -0.39 is 0 Å². The van der Waals surface area contributed by atoms with Crippen LogP contribution in [0.15, 0.2) is 42.6 Å². The molecule has 1 saturated carbocycles. The molecule has 0 atom stereocenters. The highest BCUT2D eigenvalue weighted by Crippen LogP contribution is 2.23. The van der Waals surface area contributed by atoms with Gasteiger partial charge in [0.1, 0.15) is 5.69 Å². The molecular formula is C23H31N5O. The Morgan fingerprint density at radius 2 is 1.69 bits per heavy atom. The van der Waals surface area contributed by atoms with Crippen molar-refractivity contribution in [3.05, 3.63) is 48.3 Å². The predicted molar refractivity (Wildman–Crippen MR) is 119 cm³/mol. The van der Waals surface area contributed by atoms with Crippen molar-refractivity contribution in [2.75, 3.05) is 48.8 Å². The lowest BCUT2D eigenvalue weighted by atomic mass is 9.95. The van der Waals surface area contributed by atoms with Gasteiger partial charge >= 0.3 is 0 Å². The van der Waals surface area contributed by atoms with E-state index in [2.05, 4.69) is 44.6 Å². The molecule has 0 radical (unpaired) electrons. The van der Waals surface area contributed by atoms with Crippen molar-refractivity contribution >= 4 is 23.0 Å². The number of carbonyl (C=O) groups excluding carboxylic acids is 1. The van der Waals surface area contributed by atoms with Crippen LogP contribution < -0.4 is 15.5 Å². The zero-order valence-electron chi connectivity index (χ0n) is 17.2. The van der Waals surface area contributed by atoms with Crippen LogP contribution in [0.4, 0.5) is 17.1 Å². The molecule has 154 valence electrons. The zero-order chi connectivity index (χ0) is 20.1. The highest BCUT2D eigenvalue weighted by atomic mass is 16.1. The molecule has 2 fully saturated rings. The van der Waals surface area contributed by atoms with Gasteiger partial charge in [-0.1, -0.05) is 19.3 Å². The Hall–Kier alpha value is -2.60. The minimum atomic E-state index is -0.176. The first kappa shape index (κ1) is 19.7. The summed E-state index contributed by atoms with van der Waals surface area (Å²) in [5.74, 6) is -0.176. The van der Waals surface area contributed by atoms with Crippen LogP contribution in [0.2, 0.25) is 0 Å². The molecule has 2 aliphatic rings. The van der Waals surface area contributed by atoms with Gasteiger partial charge in [0.2, 0.25) is 0 Å².